The second-order valence-electron chi connectivity index (χ2n) is 8.17. The van der Waals surface area contributed by atoms with Gasteiger partial charge in [-0.05, 0) is 61.2 Å². The summed E-state index contributed by atoms with van der Waals surface area (Å²) in [5.41, 5.74) is 2.72. The van der Waals surface area contributed by atoms with Crippen LogP contribution in [0.1, 0.15) is 54.9 Å². The summed E-state index contributed by atoms with van der Waals surface area (Å²) in [6.45, 7) is 2.03. The Morgan fingerprint density at radius 1 is 0.969 bits per heavy atom. The van der Waals surface area contributed by atoms with E-state index in [0.717, 1.165) is 42.6 Å². The fourth-order valence-electron chi connectivity index (χ4n) is 4.09. The predicted molar refractivity (Wildman–Crippen MR) is 126 cm³/mol. The SMILES string of the molecule is CCc1ccc(N2C(=O)C(Cl)=C(Nc3ccc(C(=O)NC4CCCCC4)cc3)C2=O)cc1. The Balaban J connectivity index is 1.44. The molecule has 1 saturated carbocycles. The zero-order valence-corrected chi connectivity index (χ0v) is 18.7. The van der Waals surface area contributed by atoms with E-state index >= 15 is 0 Å². The van der Waals surface area contributed by atoms with E-state index in [1.54, 1.807) is 36.4 Å². The number of rotatable bonds is 6. The summed E-state index contributed by atoms with van der Waals surface area (Å²) in [7, 11) is 0. The van der Waals surface area contributed by atoms with Crippen molar-refractivity contribution in [3.63, 3.8) is 0 Å². The number of aryl methyl sites for hydroxylation is 1. The Kier molecular flexibility index (Phi) is 6.61. The van der Waals surface area contributed by atoms with Crippen molar-refractivity contribution in [3.05, 3.63) is 70.4 Å². The molecule has 1 fully saturated rings. The van der Waals surface area contributed by atoms with Gasteiger partial charge in [0.25, 0.3) is 17.7 Å². The van der Waals surface area contributed by atoms with Crippen molar-refractivity contribution in [1.82, 2.24) is 5.32 Å². The summed E-state index contributed by atoms with van der Waals surface area (Å²) >= 11 is 6.21. The van der Waals surface area contributed by atoms with Crippen LogP contribution in [0.4, 0.5) is 11.4 Å². The lowest BCUT2D eigenvalue weighted by Gasteiger charge is -2.22. The molecule has 0 spiro atoms. The molecule has 4 rings (SSSR count). The van der Waals surface area contributed by atoms with E-state index in [-0.39, 0.29) is 22.7 Å². The van der Waals surface area contributed by atoms with Crippen LogP contribution in [0.15, 0.2) is 59.3 Å². The first kappa shape index (κ1) is 22.1. The quantitative estimate of drug-likeness (QED) is 0.621. The number of hydrogen-bond donors (Lipinski definition) is 2. The molecule has 2 N–H and O–H groups in total. The first-order chi connectivity index (χ1) is 15.5. The lowest BCUT2D eigenvalue weighted by molar-refractivity contribution is -0.120. The van der Waals surface area contributed by atoms with Gasteiger partial charge in [0.05, 0.1) is 5.69 Å². The molecular weight excluding hydrogens is 426 g/mol. The highest BCUT2D eigenvalue weighted by atomic mass is 35.5. The van der Waals surface area contributed by atoms with Gasteiger partial charge in [-0.2, -0.15) is 0 Å². The molecule has 3 amide bonds. The van der Waals surface area contributed by atoms with Crippen molar-refractivity contribution in [1.29, 1.82) is 0 Å². The van der Waals surface area contributed by atoms with Gasteiger partial charge in [-0.1, -0.05) is 49.9 Å². The third kappa shape index (κ3) is 4.55. The second kappa shape index (κ2) is 9.57. The van der Waals surface area contributed by atoms with Crippen molar-refractivity contribution < 1.29 is 14.4 Å². The van der Waals surface area contributed by atoms with Crippen LogP contribution in [-0.4, -0.2) is 23.8 Å². The summed E-state index contributed by atoms with van der Waals surface area (Å²) < 4.78 is 0. The molecule has 0 saturated heterocycles. The lowest BCUT2D eigenvalue weighted by atomic mass is 9.95. The third-order valence-corrected chi connectivity index (χ3v) is 6.34. The summed E-state index contributed by atoms with van der Waals surface area (Å²) in [5, 5.41) is 5.87. The Morgan fingerprint density at radius 3 is 2.25 bits per heavy atom. The van der Waals surface area contributed by atoms with Gasteiger partial charge < -0.3 is 10.6 Å². The van der Waals surface area contributed by atoms with Crippen molar-refractivity contribution in [3.8, 4) is 0 Å². The summed E-state index contributed by atoms with van der Waals surface area (Å²) in [6, 6.07) is 14.3. The molecule has 2 aromatic rings. The molecule has 1 heterocycles. The minimum Gasteiger partial charge on any atom is -0.350 e. The number of imide groups is 1. The number of anilines is 2. The molecular formula is C25H26ClN3O3. The highest BCUT2D eigenvalue weighted by Crippen LogP contribution is 2.30. The van der Waals surface area contributed by atoms with E-state index in [2.05, 4.69) is 10.6 Å². The van der Waals surface area contributed by atoms with Gasteiger partial charge in [-0.25, -0.2) is 4.90 Å². The van der Waals surface area contributed by atoms with Gasteiger partial charge in [-0.15, -0.1) is 0 Å². The number of carbonyl (C=O) groups is 3. The van der Waals surface area contributed by atoms with Crippen LogP contribution in [0, 0.1) is 0 Å². The summed E-state index contributed by atoms with van der Waals surface area (Å²) in [6.07, 6.45) is 6.43. The molecule has 0 atom stereocenters. The van der Waals surface area contributed by atoms with Crippen LogP contribution in [0.25, 0.3) is 0 Å². The van der Waals surface area contributed by atoms with E-state index in [0.29, 0.717) is 16.9 Å². The molecule has 0 radical (unpaired) electrons. The maximum absolute atomic E-state index is 12.9. The largest absolute Gasteiger partial charge is 0.350 e. The first-order valence-corrected chi connectivity index (χ1v) is 11.4. The molecule has 1 aliphatic heterocycles. The van der Waals surface area contributed by atoms with Crippen molar-refractivity contribution in [2.24, 2.45) is 0 Å². The number of hydrogen-bond acceptors (Lipinski definition) is 4. The van der Waals surface area contributed by atoms with Crippen LogP contribution in [-0.2, 0) is 16.0 Å². The molecule has 6 nitrogen and oxygen atoms in total. The average Bonchev–Trinajstić information content (AvgIpc) is 3.03. The number of halogens is 1. The highest BCUT2D eigenvalue weighted by Gasteiger charge is 2.38. The molecule has 1 aliphatic carbocycles. The summed E-state index contributed by atoms with van der Waals surface area (Å²) in [5.74, 6) is -1.18. The fourth-order valence-corrected chi connectivity index (χ4v) is 4.30. The Bertz CT molecular complexity index is 1050. The maximum atomic E-state index is 12.9. The van der Waals surface area contributed by atoms with Crippen molar-refractivity contribution >= 4 is 40.7 Å². The van der Waals surface area contributed by atoms with Crippen LogP contribution >= 0.6 is 11.6 Å². The Morgan fingerprint density at radius 2 is 1.62 bits per heavy atom. The number of benzene rings is 2. The van der Waals surface area contributed by atoms with Crippen LogP contribution in [0.3, 0.4) is 0 Å². The topological polar surface area (TPSA) is 78.5 Å². The highest BCUT2D eigenvalue weighted by molar-refractivity contribution is 6.53. The van der Waals surface area contributed by atoms with Gasteiger partial charge in [0, 0.05) is 17.3 Å². The lowest BCUT2D eigenvalue weighted by Crippen LogP contribution is -2.36. The molecule has 0 unspecified atom stereocenters. The number of nitrogens with zero attached hydrogens (tertiary/aromatic N) is 1. The first-order valence-electron chi connectivity index (χ1n) is 11.0. The van der Waals surface area contributed by atoms with E-state index in [1.807, 2.05) is 19.1 Å². The number of amides is 3. The van der Waals surface area contributed by atoms with E-state index in [1.165, 1.54) is 6.42 Å². The molecule has 0 bridgehead atoms. The van der Waals surface area contributed by atoms with Gasteiger partial charge in [0.2, 0.25) is 0 Å². The van der Waals surface area contributed by atoms with E-state index in [4.69, 9.17) is 11.6 Å². The molecule has 0 aromatic heterocycles. The second-order valence-corrected chi connectivity index (χ2v) is 8.54. The van der Waals surface area contributed by atoms with Crippen LogP contribution in [0.2, 0.25) is 0 Å². The third-order valence-electron chi connectivity index (χ3n) is 5.99. The van der Waals surface area contributed by atoms with Crippen LogP contribution in [0.5, 0.6) is 0 Å². The maximum Gasteiger partial charge on any atom is 0.283 e. The number of nitrogens with one attached hydrogen (secondary N) is 2. The molecule has 7 heteroatoms. The Labute approximate surface area is 192 Å². The monoisotopic (exact) mass is 451 g/mol. The molecule has 166 valence electrons. The van der Waals surface area contributed by atoms with E-state index in [9.17, 15) is 14.4 Å². The van der Waals surface area contributed by atoms with Crippen molar-refractivity contribution in [2.45, 2.75) is 51.5 Å². The molecule has 2 aromatic carbocycles. The smallest absolute Gasteiger partial charge is 0.283 e. The van der Waals surface area contributed by atoms with Crippen molar-refractivity contribution in [2.75, 3.05) is 10.2 Å². The molecule has 2 aliphatic rings. The standard InChI is InChI=1S/C25H26ClN3O3/c1-2-16-8-14-20(15-9-16)29-24(31)21(26)22(25(29)32)27-19-12-10-17(11-13-19)23(30)28-18-6-4-3-5-7-18/h8-15,18,27H,2-7H2,1H3,(H,28,30). The predicted octanol–water partition coefficient (Wildman–Crippen LogP) is 4.75. The minimum atomic E-state index is -0.563. The number of carbonyl (C=O) groups excluding carboxylic acids is 3. The van der Waals surface area contributed by atoms with Gasteiger partial charge >= 0.3 is 0 Å². The van der Waals surface area contributed by atoms with Gasteiger partial charge in [0.15, 0.2) is 0 Å². The normalized spacial score (nSPS) is 17.1. The summed E-state index contributed by atoms with van der Waals surface area (Å²) in [4.78, 5) is 39.1. The fraction of sp³-hybridized carbons (Fsp3) is 0.320. The minimum absolute atomic E-state index is 0.0237. The van der Waals surface area contributed by atoms with E-state index < -0.39 is 11.8 Å². The van der Waals surface area contributed by atoms with Gasteiger partial charge in [-0.3, -0.25) is 14.4 Å². The zero-order chi connectivity index (χ0) is 22.7. The molecule has 32 heavy (non-hydrogen) atoms. The van der Waals surface area contributed by atoms with Crippen LogP contribution < -0.4 is 15.5 Å². The zero-order valence-electron chi connectivity index (χ0n) is 18.0. The van der Waals surface area contributed by atoms with Gasteiger partial charge in [0.1, 0.15) is 10.7 Å². The Hall–Kier alpha value is -3.12. The average molecular weight is 452 g/mol.